The van der Waals surface area contributed by atoms with Crippen LogP contribution in [0.5, 0.6) is 0 Å². The summed E-state index contributed by atoms with van der Waals surface area (Å²) in [5.41, 5.74) is 2.06. The van der Waals surface area contributed by atoms with Gasteiger partial charge >= 0.3 is 5.97 Å². The zero-order valence-electron chi connectivity index (χ0n) is 15.5. The average molecular weight is 367 g/mol. The molecule has 1 aromatic heterocycles. The van der Waals surface area contributed by atoms with Gasteiger partial charge in [0.1, 0.15) is 11.5 Å². The van der Waals surface area contributed by atoms with Crippen LogP contribution in [-0.4, -0.2) is 35.1 Å². The summed E-state index contributed by atoms with van der Waals surface area (Å²) in [7, 11) is 0. The van der Waals surface area contributed by atoms with Gasteiger partial charge in [-0.3, -0.25) is 9.59 Å². The lowest BCUT2D eigenvalue weighted by Gasteiger charge is -2.28. The number of benzene rings is 1. The Bertz CT molecular complexity index is 816. The summed E-state index contributed by atoms with van der Waals surface area (Å²) < 4.78 is 0. The number of nitrogens with zero attached hydrogens (tertiary/aromatic N) is 2. The number of hydrogen-bond donors (Lipinski definition) is 2. The Kier molecular flexibility index (Phi) is 6.06. The predicted octanol–water partition coefficient (Wildman–Crippen LogP) is 3.33. The molecule has 6 nitrogen and oxygen atoms in total. The maximum absolute atomic E-state index is 12.8. The van der Waals surface area contributed by atoms with Crippen molar-refractivity contribution >= 4 is 17.7 Å². The number of amides is 1. The lowest BCUT2D eigenvalue weighted by Crippen LogP contribution is -2.33. The number of hydrogen-bond acceptors (Lipinski definition) is 4. The first-order valence-corrected chi connectivity index (χ1v) is 9.35. The number of carbonyl (C=O) groups is 2. The summed E-state index contributed by atoms with van der Waals surface area (Å²) in [5.74, 6) is -0.519. The number of nitrogens with one attached hydrogen (secondary N) is 1. The molecule has 0 radical (unpaired) electrons. The number of carbonyl (C=O) groups excluding carboxylic acids is 1. The van der Waals surface area contributed by atoms with E-state index in [-0.39, 0.29) is 12.3 Å². The van der Waals surface area contributed by atoms with Gasteiger partial charge in [0.05, 0.1) is 12.5 Å². The Morgan fingerprint density at radius 2 is 1.85 bits per heavy atom. The molecule has 3 rings (SSSR count). The number of pyridine rings is 1. The Balaban J connectivity index is 1.79. The van der Waals surface area contributed by atoms with E-state index in [1.807, 2.05) is 43.3 Å². The number of carboxylic acids is 1. The highest BCUT2D eigenvalue weighted by atomic mass is 16.4. The number of carboxylic acid groups (broad SMARTS) is 1. The van der Waals surface area contributed by atoms with Crippen molar-refractivity contribution in [1.82, 2.24) is 10.3 Å². The Labute approximate surface area is 159 Å². The highest BCUT2D eigenvalue weighted by molar-refractivity contribution is 5.93. The lowest BCUT2D eigenvalue weighted by atomic mass is 9.98. The van der Waals surface area contributed by atoms with Crippen molar-refractivity contribution in [3.05, 3.63) is 59.3 Å². The van der Waals surface area contributed by atoms with Crippen LogP contribution in [0.2, 0.25) is 0 Å². The number of aryl methyl sites for hydroxylation is 1. The molecule has 1 saturated heterocycles. The fourth-order valence-corrected chi connectivity index (χ4v) is 3.47. The zero-order chi connectivity index (χ0) is 19.2. The van der Waals surface area contributed by atoms with E-state index in [1.165, 1.54) is 6.42 Å². The molecule has 1 aliphatic heterocycles. The Hall–Kier alpha value is -2.89. The summed E-state index contributed by atoms with van der Waals surface area (Å²) >= 11 is 0. The summed E-state index contributed by atoms with van der Waals surface area (Å²) in [5, 5.41) is 12.1. The molecule has 2 heterocycles. The molecule has 1 atom stereocenters. The standard InChI is InChI=1S/C21H25N3O3/c1-15-8-3-4-9-16(15)18(14-20(25)26)23-21(27)17-10-7-11-19(22-17)24-12-5-2-6-13-24/h3-4,7-11,18H,2,5-6,12-14H2,1H3,(H,23,27)(H,25,26)/t18-/m0/s1. The van der Waals surface area contributed by atoms with Crippen molar-refractivity contribution in [2.24, 2.45) is 0 Å². The Morgan fingerprint density at radius 3 is 2.56 bits per heavy atom. The number of piperidine rings is 1. The van der Waals surface area contributed by atoms with Gasteiger partial charge in [0.2, 0.25) is 0 Å². The lowest BCUT2D eigenvalue weighted by molar-refractivity contribution is -0.137. The molecule has 0 spiro atoms. The van der Waals surface area contributed by atoms with Gasteiger partial charge in [-0.1, -0.05) is 30.3 Å². The van der Waals surface area contributed by atoms with Crippen molar-refractivity contribution in [3.8, 4) is 0 Å². The maximum Gasteiger partial charge on any atom is 0.305 e. The van der Waals surface area contributed by atoms with E-state index >= 15 is 0 Å². The first-order chi connectivity index (χ1) is 13.0. The monoisotopic (exact) mass is 367 g/mol. The van der Waals surface area contributed by atoms with Crippen LogP contribution < -0.4 is 10.2 Å². The van der Waals surface area contributed by atoms with E-state index in [0.29, 0.717) is 5.69 Å². The van der Waals surface area contributed by atoms with Gasteiger partial charge < -0.3 is 15.3 Å². The van der Waals surface area contributed by atoms with E-state index in [2.05, 4.69) is 15.2 Å². The van der Waals surface area contributed by atoms with Crippen LogP contribution in [0.1, 0.15) is 53.3 Å². The van der Waals surface area contributed by atoms with E-state index in [0.717, 1.165) is 42.9 Å². The van der Waals surface area contributed by atoms with E-state index in [4.69, 9.17) is 0 Å². The maximum atomic E-state index is 12.8. The number of aromatic nitrogens is 1. The van der Waals surface area contributed by atoms with E-state index < -0.39 is 12.0 Å². The Morgan fingerprint density at radius 1 is 1.11 bits per heavy atom. The van der Waals surface area contributed by atoms with Crippen LogP contribution in [-0.2, 0) is 4.79 Å². The molecule has 0 unspecified atom stereocenters. The molecular weight excluding hydrogens is 342 g/mol. The summed E-state index contributed by atoms with van der Waals surface area (Å²) in [6, 6.07) is 12.3. The van der Waals surface area contributed by atoms with Crippen LogP contribution in [0.4, 0.5) is 5.82 Å². The van der Waals surface area contributed by atoms with Crippen LogP contribution in [0.15, 0.2) is 42.5 Å². The summed E-state index contributed by atoms with van der Waals surface area (Å²) in [4.78, 5) is 30.8. The minimum absolute atomic E-state index is 0.178. The molecule has 1 aromatic carbocycles. The third-order valence-electron chi connectivity index (χ3n) is 4.90. The van der Waals surface area contributed by atoms with Crippen molar-refractivity contribution in [2.45, 2.75) is 38.6 Å². The van der Waals surface area contributed by atoms with Gasteiger partial charge in [-0.05, 0) is 49.4 Å². The third kappa shape index (κ3) is 4.84. The molecule has 142 valence electrons. The van der Waals surface area contributed by atoms with Gasteiger partial charge in [-0.2, -0.15) is 0 Å². The first-order valence-electron chi connectivity index (χ1n) is 9.35. The molecule has 1 amide bonds. The number of aliphatic carboxylic acids is 1. The van der Waals surface area contributed by atoms with Gasteiger partial charge in [0, 0.05) is 13.1 Å². The van der Waals surface area contributed by atoms with Gasteiger partial charge in [0.25, 0.3) is 5.91 Å². The van der Waals surface area contributed by atoms with Gasteiger partial charge in [0.15, 0.2) is 0 Å². The largest absolute Gasteiger partial charge is 0.481 e. The molecule has 0 aliphatic carbocycles. The second-order valence-corrected chi connectivity index (χ2v) is 6.91. The minimum atomic E-state index is -0.960. The van der Waals surface area contributed by atoms with Gasteiger partial charge in [-0.25, -0.2) is 4.98 Å². The molecule has 1 fully saturated rings. The van der Waals surface area contributed by atoms with Crippen LogP contribution >= 0.6 is 0 Å². The number of rotatable bonds is 6. The normalized spacial score (nSPS) is 15.2. The molecule has 27 heavy (non-hydrogen) atoms. The molecular formula is C21H25N3O3. The van der Waals surface area contributed by atoms with Crippen LogP contribution in [0.25, 0.3) is 0 Å². The summed E-state index contributed by atoms with van der Waals surface area (Å²) in [6.07, 6.45) is 3.31. The fourth-order valence-electron chi connectivity index (χ4n) is 3.47. The SMILES string of the molecule is Cc1ccccc1[C@H](CC(=O)O)NC(=O)c1cccc(N2CCCCC2)n1. The highest BCUT2D eigenvalue weighted by Gasteiger charge is 2.21. The van der Waals surface area contributed by atoms with Gasteiger partial charge in [-0.15, -0.1) is 0 Å². The first kappa shape index (κ1) is 18.9. The molecule has 2 aromatic rings. The smallest absolute Gasteiger partial charge is 0.305 e. The van der Waals surface area contributed by atoms with E-state index in [9.17, 15) is 14.7 Å². The van der Waals surface area contributed by atoms with Crippen molar-refractivity contribution < 1.29 is 14.7 Å². The second kappa shape index (κ2) is 8.66. The molecule has 6 heteroatoms. The van der Waals surface area contributed by atoms with E-state index in [1.54, 1.807) is 6.07 Å². The van der Waals surface area contributed by atoms with Crippen LogP contribution in [0.3, 0.4) is 0 Å². The highest BCUT2D eigenvalue weighted by Crippen LogP contribution is 2.22. The molecule has 2 N–H and O–H groups in total. The van der Waals surface area contributed by atoms with Crippen molar-refractivity contribution in [3.63, 3.8) is 0 Å². The van der Waals surface area contributed by atoms with Crippen molar-refractivity contribution in [1.29, 1.82) is 0 Å². The molecule has 0 bridgehead atoms. The second-order valence-electron chi connectivity index (χ2n) is 6.91. The summed E-state index contributed by atoms with van der Waals surface area (Å²) in [6.45, 7) is 3.80. The fraction of sp³-hybridized carbons (Fsp3) is 0.381. The zero-order valence-corrected chi connectivity index (χ0v) is 15.5. The third-order valence-corrected chi connectivity index (χ3v) is 4.90. The average Bonchev–Trinajstić information content (AvgIpc) is 2.68. The van der Waals surface area contributed by atoms with Crippen LogP contribution in [0, 0.1) is 6.92 Å². The molecule has 0 saturated carbocycles. The number of anilines is 1. The topological polar surface area (TPSA) is 82.5 Å². The minimum Gasteiger partial charge on any atom is -0.481 e. The quantitative estimate of drug-likeness (QED) is 0.818. The van der Waals surface area contributed by atoms with Crippen molar-refractivity contribution in [2.75, 3.05) is 18.0 Å². The predicted molar refractivity (Wildman–Crippen MR) is 104 cm³/mol. The molecule has 1 aliphatic rings.